The summed E-state index contributed by atoms with van der Waals surface area (Å²) in [4.78, 5) is 37.9. The summed E-state index contributed by atoms with van der Waals surface area (Å²) >= 11 is 0. The predicted octanol–water partition coefficient (Wildman–Crippen LogP) is 0.547. The number of carboxylic acids is 2. The SMILES string of the molecule is NC(=O)c1ccnc(-c2ncco2)c1.O=C(O)C=CC(=O)O. The third kappa shape index (κ3) is 5.65. The van der Waals surface area contributed by atoms with Crippen molar-refractivity contribution in [2.24, 2.45) is 5.73 Å². The number of rotatable bonds is 4. The molecule has 0 saturated heterocycles. The lowest BCUT2D eigenvalue weighted by molar-refractivity contribution is -0.134. The van der Waals surface area contributed by atoms with Crippen LogP contribution in [-0.2, 0) is 9.59 Å². The third-order valence-corrected chi connectivity index (χ3v) is 2.06. The number of carboxylic acid groups (broad SMARTS) is 2. The monoisotopic (exact) mass is 305 g/mol. The van der Waals surface area contributed by atoms with E-state index in [-0.39, 0.29) is 0 Å². The molecule has 0 aromatic carbocycles. The molecule has 0 aliphatic carbocycles. The Morgan fingerprint density at radius 3 is 2.18 bits per heavy atom. The number of amides is 1. The van der Waals surface area contributed by atoms with Gasteiger partial charge >= 0.3 is 11.9 Å². The molecule has 2 aromatic rings. The van der Waals surface area contributed by atoms with Crippen molar-refractivity contribution in [3.8, 4) is 11.6 Å². The van der Waals surface area contributed by atoms with E-state index in [2.05, 4.69) is 9.97 Å². The maximum absolute atomic E-state index is 10.9. The first kappa shape index (κ1) is 16.6. The fourth-order valence-electron chi connectivity index (χ4n) is 1.19. The molecule has 0 unspecified atom stereocenters. The van der Waals surface area contributed by atoms with E-state index in [4.69, 9.17) is 20.4 Å². The summed E-state index contributed by atoms with van der Waals surface area (Å²) in [7, 11) is 0. The van der Waals surface area contributed by atoms with Gasteiger partial charge in [0.2, 0.25) is 11.8 Å². The molecule has 2 aromatic heterocycles. The van der Waals surface area contributed by atoms with Gasteiger partial charge < -0.3 is 20.4 Å². The second-order valence-corrected chi connectivity index (χ2v) is 3.64. The van der Waals surface area contributed by atoms with E-state index in [1.807, 2.05) is 0 Å². The molecule has 0 aliphatic rings. The Kier molecular flexibility index (Phi) is 5.98. The zero-order valence-electron chi connectivity index (χ0n) is 11.0. The van der Waals surface area contributed by atoms with Crippen LogP contribution in [0.5, 0.6) is 0 Å². The van der Waals surface area contributed by atoms with Crippen molar-refractivity contribution < 1.29 is 29.0 Å². The molecule has 9 heteroatoms. The van der Waals surface area contributed by atoms with Crippen molar-refractivity contribution in [1.82, 2.24) is 9.97 Å². The number of carbonyl (C=O) groups is 3. The Bertz CT molecular complexity index is 678. The quantitative estimate of drug-likeness (QED) is 0.691. The first-order valence-corrected chi connectivity index (χ1v) is 5.70. The number of hydrogen-bond acceptors (Lipinski definition) is 6. The normalized spacial score (nSPS) is 9.82. The summed E-state index contributed by atoms with van der Waals surface area (Å²) in [5.41, 5.74) is 5.99. The number of oxazole rings is 1. The lowest BCUT2D eigenvalue weighted by Crippen LogP contribution is -2.10. The highest BCUT2D eigenvalue weighted by molar-refractivity contribution is 5.93. The van der Waals surface area contributed by atoms with Crippen LogP contribution in [-0.4, -0.2) is 38.0 Å². The average molecular weight is 305 g/mol. The minimum absolute atomic E-state index is 0.369. The zero-order chi connectivity index (χ0) is 16.5. The number of carbonyl (C=O) groups excluding carboxylic acids is 1. The molecule has 0 bridgehead atoms. The number of nitrogens with two attached hydrogens (primary N) is 1. The molecule has 1 amide bonds. The molecule has 0 atom stereocenters. The standard InChI is InChI=1S/C9H7N3O2.C4H4O4/c10-8(13)6-1-2-11-7(5-6)9-12-3-4-14-9;5-3(6)1-2-4(7)8/h1-5H,(H2,10,13);1-2H,(H,5,6)(H,7,8). The van der Waals surface area contributed by atoms with Gasteiger partial charge in [0.05, 0.1) is 6.20 Å². The lowest BCUT2D eigenvalue weighted by Gasteiger charge is -1.96. The van der Waals surface area contributed by atoms with Gasteiger partial charge in [0.1, 0.15) is 12.0 Å². The van der Waals surface area contributed by atoms with Gasteiger partial charge in [-0.15, -0.1) is 0 Å². The van der Waals surface area contributed by atoms with Crippen molar-refractivity contribution in [2.75, 3.05) is 0 Å². The van der Waals surface area contributed by atoms with Crippen molar-refractivity contribution in [3.63, 3.8) is 0 Å². The Morgan fingerprint density at radius 2 is 1.73 bits per heavy atom. The number of pyridine rings is 1. The van der Waals surface area contributed by atoms with E-state index in [0.29, 0.717) is 29.3 Å². The van der Waals surface area contributed by atoms with Crippen LogP contribution in [0.15, 0.2) is 47.4 Å². The van der Waals surface area contributed by atoms with Crippen LogP contribution in [0.1, 0.15) is 10.4 Å². The Hall–Kier alpha value is -3.49. The van der Waals surface area contributed by atoms with Gasteiger partial charge in [-0.3, -0.25) is 9.78 Å². The number of primary amides is 1. The van der Waals surface area contributed by atoms with Gasteiger partial charge in [0, 0.05) is 23.9 Å². The van der Waals surface area contributed by atoms with Crippen LogP contribution >= 0.6 is 0 Å². The van der Waals surface area contributed by atoms with Gasteiger partial charge in [-0.2, -0.15) is 0 Å². The van der Waals surface area contributed by atoms with E-state index in [9.17, 15) is 14.4 Å². The second-order valence-electron chi connectivity index (χ2n) is 3.64. The highest BCUT2D eigenvalue weighted by Gasteiger charge is 2.07. The van der Waals surface area contributed by atoms with Crippen LogP contribution in [0.2, 0.25) is 0 Å². The molecule has 2 heterocycles. The predicted molar refractivity (Wildman–Crippen MR) is 72.7 cm³/mol. The Balaban J connectivity index is 0.000000261. The molecule has 0 aliphatic heterocycles. The number of hydrogen-bond donors (Lipinski definition) is 3. The van der Waals surface area contributed by atoms with E-state index in [1.165, 1.54) is 30.8 Å². The first-order valence-electron chi connectivity index (χ1n) is 5.70. The minimum Gasteiger partial charge on any atom is -0.478 e. The maximum Gasteiger partial charge on any atom is 0.328 e. The summed E-state index contributed by atoms with van der Waals surface area (Å²) in [6, 6.07) is 3.07. The summed E-state index contributed by atoms with van der Waals surface area (Å²) in [6.07, 6.45) is 5.55. The molecular formula is C13H11N3O6. The van der Waals surface area contributed by atoms with Crippen LogP contribution < -0.4 is 5.73 Å². The summed E-state index contributed by atoms with van der Waals surface area (Å²) in [6.45, 7) is 0. The average Bonchev–Trinajstić information content (AvgIpc) is 3.00. The minimum atomic E-state index is -1.26. The highest BCUT2D eigenvalue weighted by atomic mass is 16.4. The summed E-state index contributed by atoms with van der Waals surface area (Å²) < 4.78 is 5.03. The van der Waals surface area contributed by atoms with E-state index >= 15 is 0 Å². The van der Waals surface area contributed by atoms with E-state index in [1.54, 1.807) is 0 Å². The van der Waals surface area contributed by atoms with Crippen molar-refractivity contribution in [2.45, 2.75) is 0 Å². The lowest BCUT2D eigenvalue weighted by atomic mass is 10.2. The summed E-state index contributed by atoms with van der Waals surface area (Å²) in [5.74, 6) is -2.65. The van der Waals surface area contributed by atoms with Gasteiger partial charge in [-0.1, -0.05) is 0 Å². The third-order valence-electron chi connectivity index (χ3n) is 2.06. The zero-order valence-corrected chi connectivity index (χ0v) is 11.0. The van der Waals surface area contributed by atoms with Crippen molar-refractivity contribution in [1.29, 1.82) is 0 Å². The molecule has 9 nitrogen and oxygen atoms in total. The molecule has 2 rings (SSSR count). The largest absolute Gasteiger partial charge is 0.478 e. The molecule has 0 saturated carbocycles. The van der Waals surface area contributed by atoms with Crippen LogP contribution in [0, 0.1) is 0 Å². The van der Waals surface area contributed by atoms with Gasteiger partial charge in [-0.25, -0.2) is 14.6 Å². The van der Waals surface area contributed by atoms with E-state index in [0.717, 1.165) is 0 Å². The number of aliphatic carboxylic acids is 2. The molecule has 4 N–H and O–H groups in total. The van der Waals surface area contributed by atoms with Crippen molar-refractivity contribution >= 4 is 17.8 Å². The Morgan fingerprint density at radius 1 is 1.09 bits per heavy atom. The van der Waals surface area contributed by atoms with Crippen molar-refractivity contribution in [3.05, 3.63) is 48.5 Å². The summed E-state index contributed by atoms with van der Waals surface area (Å²) in [5, 5.41) is 15.6. The molecule has 22 heavy (non-hydrogen) atoms. The first-order chi connectivity index (χ1) is 10.4. The maximum atomic E-state index is 10.9. The number of aromatic nitrogens is 2. The van der Waals surface area contributed by atoms with E-state index < -0.39 is 17.8 Å². The van der Waals surface area contributed by atoms with Crippen LogP contribution in [0.3, 0.4) is 0 Å². The molecule has 0 fully saturated rings. The second kappa shape index (κ2) is 7.94. The molecular weight excluding hydrogens is 294 g/mol. The molecule has 0 spiro atoms. The smallest absolute Gasteiger partial charge is 0.328 e. The topological polar surface area (TPSA) is 157 Å². The van der Waals surface area contributed by atoms with Gasteiger partial charge in [0.15, 0.2) is 0 Å². The fourth-order valence-corrected chi connectivity index (χ4v) is 1.19. The van der Waals surface area contributed by atoms with Crippen LogP contribution in [0.25, 0.3) is 11.6 Å². The fraction of sp³-hybridized carbons (Fsp3) is 0. The Labute approximate surface area is 123 Å². The van der Waals surface area contributed by atoms with Crippen LogP contribution in [0.4, 0.5) is 0 Å². The van der Waals surface area contributed by atoms with Gasteiger partial charge in [-0.05, 0) is 12.1 Å². The van der Waals surface area contributed by atoms with Gasteiger partial charge in [0.25, 0.3) is 0 Å². The molecule has 114 valence electrons. The number of nitrogens with zero attached hydrogens (tertiary/aromatic N) is 2. The molecule has 0 radical (unpaired) electrons. The highest BCUT2D eigenvalue weighted by Crippen LogP contribution is 2.14.